The number of nitrogens with zero attached hydrogens (tertiary/aromatic N) is 1. The first-order chi connectivity index (χ1) is 16.0. The third-order valence-corrected chi connectivity index (χ3v) is 6.87. The number of morpholine rings is 1. The number of rotatable bonds is 6. The van der Waals surface area contributed by atoms with E-state index < -0.39 is 15.6 Å². The molecule has 1 saturated heterocycles. The molecule has 0 saturated carbocycles. The molecule has 1 aromatic heterocycles. The zero-order valence-corrected chi connectivity index (χ0v) is 20.4. The van der Waals surface area contributed by atoms with Crippen LogP contribution in [0.15, 0.2) is 16.9 Å². The minimum atomic E-state index is -5.05. The first-order valence-corrected chi connectivity index (χ1v) is 13.7. The molecule has 0 unspecified atom stereocenters. The van der Waals surface area contributed by atoms with Crippen molar-refractivity contribution in [1.29, 1.82) is 0 Å². The van der Waals surface area contributed by atoms with Crippen molar-refractivity contribution < 1.29 is 42.5 Å². The van der Waals surface area contributed by atoms with E-state index in [1.807, 2.05) is 6.92 Å². The molecule has 34 heavy (non-hydrogen) atoms. The van der Waals surface area contributed by atoms with Gasteiger partial charge in [-0.2, -0.15) is 4.31 Å². The Kier molecular flexibility index (Phi) is 8.91. The predicted molar refractivity (Wildman–Crippen MR) is 124 cm³/mol. The SMILES string of the molecule is CCOc1cc(CN2CCOCC2)cc2[nH]c(=O)c3c(c12)NCCC3.O=P(O)(O)OP(=O)(O)O. The molecule has 2 aliphatic heterocycles. The molecular formula is C19H29N3O10P2. The van der Waals surface area contributed by atoms with E-state index in [9.17, 15) is 13.9 Å². The maximum absolute atomic E-state index is 12.5. The Balaban J connectivity index is 0.000000309. The zero-order valence-electron chi connectivity index (χ0n) is 18.6. The molecule has 0 aliphatic carbocycles. The van der Waals surface area contributed by atoms with Crippen molar-refractivity contribution in [2.45, 2.75) is 26.3 Å². The Morgan fingerprint density at radius 2 is 1.79 bits per heavy atom. The number of ether oxygens (including phenoxy) is 2. The van der Waals surface area contributed by atoms with Gasteiger partial charge in [0.15, 0.2) is 0 Å². The first-order valence-electron chi connectivity index (χ1n) is 10.7. The molecule has 13 nitrogen and oxygen atoms in total. The Bertz CT molecular complexity index is 1130. The van der Waals surface area contributed by atoms with Gasteiger partial charge in [0.2, 0.25) is 0 Å². The fraction of sp³-hybridized carbons (Fsp3) is 0.526. The molecule has 0 atom stereocenters. The summed E-state index contributed by atoms with van der Waals surface area (Å²) in [4.78, 5) is 48.9. The Morgan fingerprint density at radius 3 is 2.38 bits per heavy atom. The smallest absolute Gasteiger partial charge is 0.478 e. The molecule has 0 amide bonds. The fourth-order valence-corrected chi connectivity index (χ4v) is 5.03. The van der Waals surface area contributed by atoms with E-state index in [1.165, 1.54) is 0 Å². The summed E-state index contributed by atoms with van der Waals surface area (Å²) in [5.41, 5.74) is 3.82. The normalized spacial score (nSPS) is 16.9. The largest absolute Gasteiger partial charge is 0.493 e. The van der Waals surface area contributed by atoms with Gasteiger partial charge in [0.05, 0.1) is 36.4 Å². The fourth-order valence-electron chi connectivity index (χ4n) is 3.92. The van der Waals surface area contributed by atoms with E-state index in [0.717, 1.165) is 85.7 Å². The monoisotopic (exact) mass is 521 g/mol. The van der Waals surface area contributed by atoms with Crippen LogP contribution in [0.25, 0.3) is 10.9 Å². The number of anilines is 1. The number of fused-ring (bicyclic) bond motifs is 3. The van der Waals surface area contributed by atoms with Gasteiger partial charge in [-0.1, -0.05) is 0 Å². The molecule has 2 aliphatic rings. The van der Waals surface area contributed by atoms with Crippen LogP contribution in [0.1, 0.15) is 24.5 Å². The van der Waals surface area contributed by atoms with Crippen LogP contribution < -0.4 is 15.6 Å². The van der Waals surface area contributed by atoms with E-state index in [-0.39, 0.29) is 5.56 Å². The summed E-state index contributed by atoms with van der Waals surface area (Å²) in [6.45, 7) is 7.75. The minimum absolute atomic E-state index is 0.0145. The van der Waals surface area contributed by atoms with Gasteiger partial charge in [-0.15, -0.1) is 0 Å². The molecule has 1 aromatic carbocycles. The van der Waals surface area contributed by atoms with E-state index >= 15 is 0 Å². The number of H-pyrrole nitrogens is 1. The molecule has 190 valence electrons. The van der Waals surface area contributed by atoms with Gasteiger partial charge in [0.25, 0.3) is 5.56 Å². The number of pyridine rings is 1. The number of aromatic amines is 1. The Labute approximate surface area is 195 Å². The van der Waals surface area contributed by atoms with Gasteiger partial charge in [-0.3, -0.25) is 9.69 Å². The molecule has 6 N–H and O–H groups in total. The van der Waals surface area contributed by atoms with Gasteiger partial charge >= 0.3 is 15.6 Å². The molecule has 3 heterocycles. The van der Waals surface area contributed by atoms with Crippen LogP contribution in [0.4, 0.5) is 5.69 Å². The van der Waals surface area contributed by atoms with Crippen LogP contribution >= 0.6 is 15.6 Å². The van der Waals surface area contributed by atoms with Crippen LogP contribution in [-0.2, 0) is 31.1 Å². The van der Waals surface area contributed by atoms with Crippen LogP contribution in [-0.4, -0.2) is 68.9 Å². The van der Waals surface area contributed by atoms with Crippen LogP contribution in [0.3, 0.4) is 0 Å². The van der Waals surface area contributed by atoms with Crippen molar-refractivity contribution >= 4 is 32.2 Å². The molecule has 2 aromatic rings. The van der Waals surface area contributed by atoms with Gasteiger partial charge in [-0.05, 0) is 37.5 Å². The summed E-state index contributed by atoms with van der Waals surface area (Å²) >= 11 is 0. The molecule has 4 rings (SSSR count). The van der Waals surface area contributed by atoms with E-state index in [0.29, 0.717) is 6.61 Å². The van der Waals surface area contributed by atoms with Gasteiger partial charge < -0.3 is 39.3 Å². The number of nitrogens with one attached hydrogen (secondary N) is 2. The second-order valence-corrected chi connectivity index (χ2v) is 10.4. The Hall–Kier alpha value is -1.79. The standard InChI is InChI=1S/C19H25N3O3.H4O7P2/c1-2-25-16-11-13(12-22-6-8-24-9-7-22)10-15-17(16)18-14(19(23)21-15)4-3-5-20-18;1-8(2,3)7-9(4,5)6/h10-11,20H,2-9,12H2,1H3,(H,21,23);(H2,1,2,3)(H2,4,5,6). The van der Waals surface area contributed by atoms with Crippen molar-refractivity contribution in [3.8, 4) is 5.75 Å². The molecule has 0 bridgehead atoms. The Morgan fingerprint density at radius 1 is 1.12 bits per heavy atom. The van der Waals surface area contributed by atoms with Crippen LogP contribution in [0.2, 0.25) is 0 Å². The molecule has 1 fully saturated rings. The van der Waals surface area contributed by atoms with E-state index in [1.54, 1.807) is 0 Å². The maximum Gasteiger partial charge on any atom is 0.478 e. The quantitative estimate of drug-likeness (QED) is 0.299. The molecule has 0 radical (unpaired) electrons. The average molecular weight is 521 g/mol. The van der Waals surface area contributed by atoms with Crippen molar-refractivity contribution in [3.63, 3.8) is 0 Å². The lowest BCUT2D eigenvalue weighted by Crippen LogP contribution is -2.35. The van der Waals surface area contributed by atoms with Crippen LogP contribution in [0, 0.1) is 0 Å². The van der Waals surface area contributed by atoms with Crippen molar-refractivity contribution in [2.24, 2.45) is 0 Å². The third-order valence-electron chi connectivity index (χ3n) is 5.16. The number of phosphoric acid groups is 2. The second kappa shape index (κ2) is 11.3. The summed E-state index contributed by atoms with van der Waals surface area (Å²) in [5.74, 6) is 0.852. The number of benzene rings is 1. The van der Waals surface area contributed by atoms with E-state index in [2.05, 4.69) is 31.6 Å². The summed E-state index contributed by atoms with van der Waals surface area (Å²) in [5, 5.41) is 4.42. The molecular weight excluding hydrogens is 492 g/mol. The highest BCUT2D eigenvalue weighted by atomic mass is 31.3. The second-order valence-electron chi connectivity index (χ2n) is 7.74. The van der Waals surface area contributed by atoms with Gasteiger partial charge in [-0.25, -0.2) is 9.13 Å². The molecule has 15 heteroatoms. The third kappa shape index (κ3) is 7.61. The van der Waals surface area contributed by atoms with Crippen molar-refractivity contribution in [2.75, 3.05) is 44.8 Å². The lowest BCUT2D eigenvalue weighted by molar-refractivity contribution is 0.0342. The highest BCUT2D eigenvalue weighted by molar-refractivity contribution is 7.60. The summed E-state index contributed by atoms with van der Waals surface area (Å²) < 4.78 is 33.6. The summed E-state index contributed by atoms with van der Waals surface area (Å²) in [6, 6.07) is 4.21. The highest BCUT2D eigenvalue weighted by Crippen LogP contribution is 2.53. The number of hydrogen-bond donors (Lipinski definition) is 6. The maximum atomic E-state index is 12.5. The van der Waals surface area contributed by atoms with E-state index in [4.69, 9.17) is 29.0 Å². The lowest BCUT2D eigenvalue weighted by Gasteiger charge is -2.27. The van der Waals surface area contributed by atoms with Crippen molar-refractivity contribution in [1.82, 2.24) is 9.88 Å². The van der Waals surface area contributed by atoms with Crippen LogP contribution in [0.5, 0.6) is 5.75 Å². The average Bonchev–Trinajstić information content (AvgIpc) is 2.72. The summed E-state index contributed by atoms with van der Waals surface area (Å²) in [7, 11) is -10.1. The highest BCUT2D eigenvalue weighted by Gasteiger charge is 2.28. The first kappa shape index (κ1) is 26.8. The predicted octanol–water partition coefficient (Wildman–Crippen LogP) is 1.31. The number of hydrogen-bond acceptors (Lipinski definition) is 8. The number of aromatic nitrogens is 1. The zero-order chi connectivity index (χ0) is 24.9. The van der Waals surface area contributed by atoms with Gasteiger partial charge in [0, 0.05) is 31.7 Å². The minimum Gasteiger partial charge on any atom is -0.493 e. The molecule has 0 spiro atoms. The van der Waals surface area contributed by atoms with Crippen molar-refractivity contribution in [3.05, 3.63) is 33.6 Å². The van der Waals surface area contributed by atoms with Gasteiger partial charge in [0.1, 0.15) is 5.75 Å². The lowest BCUT2D eigenvalue weighted by atomic mass is 9.99. The summed E-state index contributed by atoms with van der Waals surface area (Å²) in [6.07, 6.45) is 1.80. The topological polar surface area (TPSA) is 191 Å².